The topological polar surface area (TPSA) is 48.1 Å². The average Bonchev–Trinajstić information content (AvgIpc) is 2.90. The van der Waals surface area contributed by atoms with Crippen LogP contribution in [0.15, 0.2) is 78.9 Å². The Morgan fingerprint density at radius 2 is 1.59 bits per heavy atom. The van der Waals surface area contributed by atoms with Crippen molar-refractivity contribution in [1.82, 2.24) is 4.90 Å². The molecule has 5 rings (SSSR count). The highest BCUT2D eigenvalue weighted by Gasteiger charge is 2.28. The number of amides is 1. The molecule has 37 heavy (non-hydrogen) atoms. The quantitative estimate of drug-likeness (QED) is 0.411. The van der Waals surface area contributed by atoms with E-state index in [1.165, 1.54) is 11.3 Å². The van der Waals surface area contributed by atoms with Crippen LogP contribution in [0.5, 0.6) is 0 Å². The Bertz CT molecular complexity index is 1150. The third kappa shape index (κ3) is 6.45. The number of nitrogens with zero attached hydrogens (tertiary/aromatic N) is 3. The Morgan fingerprint density at radius 3 is 2.30 bits per heavy atom. The van der Waals surface area contributed by atoms with Crippen molar-refractivity contribution in [1.29, 1.82) is 0 Å². The molecule has 0 bridgehead atoms. The standard InChI is InChI=1S/C30H36N4O2.ClH/c1-23(2)34(27-9-4-3-5-10-27)28-14-12-25(13-15-28)31-30(35)20-32-18-16-26(17-19-32)33-22-36-21-24-8-6-7-11-29(24)33;/h3-15,23,26H,16-22H2,1-2H3,(H,31,35);1H. The van der Waals surface area contributed by atoms with Gasteiger partial charge in [-0.25, -0.2) is 0 Å². The Labute approximate surface area is 226 Å². The second-order valence-electron chi connectivity index (χ2n) is 9.98. The van der Waals surface area contributed by atoms with Gasteiger partial charge < -0.3 is 19.9 Å². The van der Waals surface area contributed by atoms with Crippen molar-refractivity contribution < 1.29 is 9.53 Å². The lowest BCUT2D eigenvalue weighted by Gasteiger charge is -2.41. The number of carbonyl (C=O) groups is 1. The minimum absolute atomic E-state index is 0. The number of hydrogen-bond acceptors (Lipinski definition) is 5. The van der Waals surface area contributed by atoms with Gasteiger partial charge in [0.05, 0.1) is 13.2 Å². The van der Waals surface area contributed by atoms with E-state index in [0.717, 1.165) is 43.0 Å². The molecule has 3 aromatic carbocycles. The lowest BCUT2D eigenvalue weighted by molar-refractivity contribution is -0.117. The van der Waals surface area contributed by atoms with Gasteiger partial charge in [-0.15, -0.1) is 12.4 Å². The van der Waals surface area contributed by atoms with Crippen LogP contribution in [-0.2, 0) is 16.1 Å². The summed E-state index contributed by atoms with van der Waals surface area (Å²) in [6, 6.07) is 27.8. The maximum Gasteiger partial charge on any atom is 0.238 e. The van der Waals surface area contributed by atoms with Crippen LogP contribution < -0.4 is 15.1 Å². The fourth-order valence-corrected chi connectivity index (χ4v) is 5.37. The molecule has 0 aromatic heterocycles. The van der Waals surface area contributed by atoms with Crippen molar-refractivity contribution in [3.8, 4) is 0 Å². The number of rotatable bonds is 7. The number of fused-ring (bicyclic) bond motifs is 1. The van der Waals surface area contributed by atoms with Gasteiger partial charge in [0, 0.05) is 53.5 Å². The molecule has 2 aliphatic rings. The molecule has 0 radical (unpaired) electrons. The monoisotopic (exact) mass is 520 g/mol. The van der Waals surface area contributed by atoms with Crippen molar-refractivity contribution in [3.05, 3.63) is 84.4 Å². The van der Waals surface area contributed by atoms with E-state index in [0.29, 0.717) is 32.0 Å². The largest absolute Gasteiger partial charge is 0.356 e. The minimum atomic E-state index is 0. The molecule has 0 aliphatic carbocycles. The van der Waals surface area contributed by atoms with Crippen molar-refractivity contribution in [3.63, 3.8) is 0 Å². The third-order valence-electron chi connectivity index (χ3n) is 7.13. The van der Waals surface area contributed by atoms with E-state index in [1.54, 1.807) is 0 Å². The summed E-state index contributed by atoms with van der Waals surface area (Å²) in [4.78, 5) is 19.7. The molecule has 2 heterocycles. The van der Waals surface area contributed by atoms with E-state index in [1.807, 2.05) is 18.2 Å². The first kappa shape index (κ1) is 27.0. The lowest BCUT2D eigenvalue weighted by Crippen LogP contribution is -2.48. The minimum Gasteiger partial charge on any atom is -0.356 e. The Balaban J connectivity index is 0.00000320. The number of para-hydroxylation sites is 2. The number of benzene rings is 3. The number of likely N-dealkylation sites (tertiary alicyclic amines) is 1. The molecule has 7 heteroatoms. The van der Waals surface area contributed by atoms with Gasteiger partial charge in [0.1, 0.15) is 6.73 Å². The summed E-state index contributed by atoms with van der Waals surface area (Å²) < 4.78 is 5.83. The SMILES string of the molecule is CC(C)N(c1ccccc1)c1ccc(NC(=O)CN2CCC(N3COCc4ccccc43)CC2)cc1.Cl. The van der Waals surface area contributed by atoms with Crippen LogP contribution in [0.25, 0.3) is 0 Å². The molecule has 196 valence electrons. The van der Waals surface area contributed by atoms with Crippen LogP contribution in [-0.4, -0.2) is 49.3 Å². The second kappa shape index (κ2) is 12.5. The van der Waals surface area contributed by atoms with E-state index in [4.69, 9.17) is 4.74 Å². The van der Waals surface area contributed by atoms with Gasteiger partial charge in [-0.1, -0.05) is 36.4 Å². The summed E-state index contributed by atoms with van der Waals surface area (Å²) >= 11 is 0. The van der Waals surface area contributed by atoms with Crippen molar-refractivity contribution in [2.45, 2.75) is 45.4 Å². The summed E-state index contributed by atoms with van der Waals surface area (Å²) in [5.74, 6) is 0.0385. The first-order valence-electron chi connectivity index (χ1n) is 13.0. The van der Waals surface area contributed by atoms with Crippen LogP contribution in [0.3, 0.4) is 0 Å². The zero-order chi connectivity index (χ0) is 24.9. The highest BCUT2D eigenvalue weighted by atomic mass is 35.5. The zero-order valence-corrected chi connectivity index (χ0v) is 22.5. The fourth-order valence-electron chi connectivity index (χ4n) is 5.37. The van der Waals surface area contributed by atoms with Crippen molar-refractivity contribution in [2.24, 2.45) is 0 Å². The van der Waals surface area contributed by atoms with Gasteiger partial charge >= 0.3 is 0 Å². The Morgan fingerprint density at radius 1 is 0.946 bits per heavy atom. The number of carbonyl (C=O) groups excluding carboxylic acids is 1. The predicted molar refractivity (Wildman–Crippen MR) is 154 cm³/mol. The summed E-state index contributed by atoms with van der Waals surface area (Å²) in [6.45, 7) is 7.95. The van der Waals surface area contributed by atoms with E-state index >= 15 is 0 Å². The van der Waals surface area contributed by atoms with Gasteiger partial charge in [0.25, 0.3) is 0 Å². The summed E-state index contributed by atoms with van der Waals surface area (Å²) in [6.07, 6.45) is 2.06. The third-order valence-corrected chi connectivity index (χ3v) is 7.13. The molecule has 0 saturated carbocycles. The van der Waals surface area contributed by atoms with Crippen LogP contribution in [0.4, 0.5) is 22.7 Å². The lowest BCUT2D eigenvalue weighted by atomic mass is 10.0. The van der Waals surface area contributed by atoms with E-state index < -0.39 is 0 Å². The first-order chi connectivity index (χ1) is 17.6. The molecule has 0 spiro atoms. The molecular formula is C30H37ClN4O2. The highest BCUT2D eigenvalue weighted by Crippen LogP contribution is 2.31. The summed E-state index contributed by atoms with van der Waals surface area (Å²) in [5.41, 5.74) is 5.66. The predicted octanol–water partition coefficient (Wildman–Crippen LogP) is 6.05. The van der Waals surface area contributed by atoms with E-state index in [9.17, 15) is 4.79 Å². The van der Waals surface area contributed by atoms with Crippen LogP contribution in [0.1, 0.15) is 32.3 Å². The summed E-state index contributed by atoms with van der Waals surface area (Å²) in [7, 11) is 0. The molecule has 1 N–H and O–H groups in total. The zero-order valence-electron chi connectivity index (χ0n) is 21.7. The first-order valence-corrected chi connectivity index (χ1v) is 13.0. The number of hydrogen-bond donors (Lipinski definition) is 1. The van der Waals surface area contributed by atoms with Gasteiger partial charge in [0.15, 0.2) is 0 Å². The average molecular weight is 521 g/mol. The molecule has 1 fully saturated rings. The molecule has 0 atom stereocenters. The molecule has 2 aliphatic heterocycles. The Kier molecular flexibility index (Phi) is 9.09. The molecule has 1 amide bonds. The van der Waals surface area contributed by atoms with Gasteiger partial charge in [-0.05, 0) is 69.2 Å². The van der Waals surface area contributed by atoms with Crippen LogP contribution in [0, 0.1) is 0 Å². The van der Waals surface area contributed by atoms with Gasteiger partial charge in [0.2, 0.25) is 5.91 Å². The van der Waals surface area contributed by atoms with E-state index in [-0.39, 0.29) is 18.3 Å². The van der Waals surface area contributed by atoms with Crippen LogP contribution >= 0.6 is 12.4 Å². The molecule has 1 saturated heterocycles. The van der Waals surface area contributed by atoms with Gasteiger partial charge in [-0.3, -0.25) is 9.69 Å². The number of nitrogens with one attached hydrogen (secondary N) is 1. The highest BCUT2D eigenvalue weighted by molar-refractivity contribution is 5.92. The number of piperidine rings is 1. The number of halogens is 1. The normalized spacial score (nSPS) is 16.1. The number of anilines is 4. The van der Waals surface area contributed by atoms with Crippen LogP contribution in [0.2, 0.25) is 0 Å². The smallest absolute Gasteiger partial charge is 0.238 e. The molecule has 6 nitrogen and oxygen atoms in total. The molecular weight excluding hydrogens is 484 g/mol. The van der Waals surface area contributed by atoms with Crippen molar-refractivity contribution in [2.75, 3.05) is 41.5 Å². The molecule has 3 aromatic rings. The number of ether oxygens (including phenoxy) is 1. The second-order valence-corrected chi connectivity index (χ2v) is 9.98. The van der Waals surface area contributed by atoms with E-state index in [2.05, 4.69) is 94.5 Å². The Hall–Kier alpha value is -3.06. The van der Waals surface area contributed by atoms with Crippen molar-refractivity contribution >= 4 is 41.1 Å². The summed E-state index contributed by atoms with van der Waals surface area (Å²) in [5, 5.41) is 3.08. The van der Waals surface area contributed by atoms with Gasteiger partial charge in [-0.2, -0.15) is 0 Å². The maximum absolute atomic E-state index is 12.8. The maximum atomic E-state index is 12.8. The molecule has 0 unspecified atom stereocenters. The fraction of sp³-hybridized carbons (Fsp3) is 0.367.